The minimum atomic E-state index is 0.417. The topological polar surface area (TPSA) is 9.23 Å². The molecule has 0 radical (unpaired) electrons. The van der Waals surface area contributed by atoms with Crippen LogP contribution in [0.3, 0.4) is 0 Å². The molecule has 2 rings (SSSR count). The Morgan fingerprint density at radius 1 is 1.27 bits per heavy atom. The van der Waals surface area contributed by atoms with Crippen molar-refractivity contribution in [2.75, 3.05) is 7.11 Å². The molecule has 0 spiro atoms. The molecule has 0 saturated carbocycles. The fourth-order valence-electron chi connectivity index (χ4n) is 1.77. The third-order valence-corrected chi connectivity index (χ3v) is 3.10. The number of methoxy groups -OCH3 is 1. The lowest BCUT2D eigenvalue weighted by Crippen LogP contribution is -2.02. The van der Waals surface area contributed by atoms with E-state index in [1.165, 1.54) is 10.0 Å². The van der Waals surface area contributed by atoms with Crippen LogP contribution in [0, 0.1) is 0 Å². The first-order chi connectivity index (χ1) is 7.29. The summed E-state index contributed by atoms with van der Waals surface area (Å²) in [6.45, 7) is 0. The van der Waals surface area contributed by atoms with Gasteiger partial charge in [-0.05, 0) is 28.6 Å². The van der Waals surface area contributed by atoms with Crippen LogP contribution in [0.2, 0.25) is 0 Å². The first-order valence-corrected chi connectivity index (χ1v) is 5.75. The highest BCUT2D eigenvalue weighted by atomic mass is 79.9. The van der Waals surface area contributed by atoms with E-state index >= 15 is 0 Å². The molecule has 1 aromatic rings. The number of hydrogen-bond acceptors (Lipinski definition) is 1. The molecule has 1 aromatic carbocycles. The molecular formula is C13H13BrO. The molecule has 2 heteroatoms. The lowest BCUT2D eigenvalue weighted by Gasteiger charge is -2.18. The maximum atomic E-state index is 5.27. The monoisotopic (exact) mass is 264 g/mol. The van der Waals surface area contributed by atoms with Crippen LogP contribution in [0.1, 0.15) is 17.9 Å². The first kappa shape index (κ1) is 10.5. The van der Waals surface area contributed by atoms with Crippen molar-refractivity contribution in [3.8, 4) is 0 Å². The Balaban J connectivity index is 2.26. The highest BCUT2D eigenvalue weighted by Gasteiger charge is 2.15. The summed E-state index contributed by atoms with van der Waals surface area (Å²) in [6.07, 6.45) is 5.20. The largest absolute Gasteiger partial charge is 0.497 e. The summed E-state index contributed by atoms with van der Waals surface area (Å²) in [5.74, 6) is 1.35. The molecule has 15 heavy (non-hydrogen) atoms. The van der Waals surface area contributed by atoms with Gasteiger partial charge in [0.25, 0.3) is 0 Å². The van der Waals surface area contributed by atoms with E-state index in [-0.39, 0.29) is 0 Å². The maximum Gasteiger partial charge on any atom is 0.116 e. The van der Waals surface area contributed by atoms with E-state index < -0.39 is 0 Å². The van der Waals surface area contributed by atoms with Crippen LogP contribution < -0.4 is 0 Å². The van der Waals surface area contributed by atoms with Crippen LogP contribution in [-0.4, -0.2) is 7.11 Å². The number of benzene rings is 1. The number of ether oxygens (including phenoxy) is 1. The average molecular weight is 265 g/mol. The molecule has 1 aliphatic carbocycles. The first-order valence-electron chi connectivity index (χ1n) is 4.96. The summed E-state index contributed by atoms with van der Waals surface area (Å²) in [6, 6.07) is 10.5. The second-order valence-electron chi connectivity index (χ2n) is 3.59. The smallest absolute Gasteiger partial charge is 0.116 e. The Kier molecular flexibility index (Phi) is 3.27. The predicted octanol–water partition coefficient (Wildman–Crippen LogP) is 3.98. The quantitative estimate of drug-likeness (QED) is 0.785. The van der Waals surface area contributed by atoms with Crippen LogP contribution in [0.25, 0.3) is 0 Å². The van der Waals surface area contributed by atoms with Crippen molar-refractivity contribution < 1.29 is 4.74 Å². The second kappa shape index (κ2) is 4.67. The van der Waals surface area contributed by atoms with Crippen molar-refractivity contribution in [2.45, 2.75) is 12.3 Å². The van der Waals surface area contributed by atoms with Crippen molar-refractivity contribution >= 4 is 15.9 Å². The van der Waals surface area contributed by atoms with Gasteiger partial charge in [-0.25, -0.2) is 0 Å². The molecule has 1 atom stereocenters. The summed E-state index contributed by atoms with van der Waals surface area (Å²) in [4.78, 5) is 0. The summed E-state index contributed by atoms with van der Waals surface area (Å²) >= 11 is 3.55. The van der Waals surface area contributed by atoms with Crippen LogP contribution in [0.5, 0.6) is 0 Å². The van der Waals surface area contributed by atoms with E-state index in [9.17, 15) is 0 Å². The Morgan fingerprint density at radius 3 is 2.67 bits per heavy atom. The number of allylic oxidation sites excluding steroid dienone is 3. The van der Waals surface area contributed by atoms with Crippen LogP contribution in [0.4, 0.5) is 0 Å². The minimum absolute atomic E-state index is 0.417. The second-order valence-corrected chi connectivity index (χ2v) is 4.60. The number of rotatable bonds is 2. The number of halogens is 1. The Labute approximate surface area is 98.6 Å². The SMILES string of the molecule is COC1=CC(c2ccccc2)CC(Br)=C1. The van der Waals surface area contributed by atoms with Gasteiger partial charge in [0.1, 0.15) is 5.76 Å². The van der Waals surface area contributed by atoms with Gasteiger partial charge in [0.15, 0.2) is 0 Å². The fraction of sp³-hybridized carbons (Fsp3) is 0.231. The Hall–Kier alpha value is -1.02. The lowest BCUT2D eigenvalue weighted by atomic mass is 9.92. The summed E-state index contributed by atoms with van der Waals surface area (Å²) in [5.41, 5.74) is 1.33. The van der Waals surface area contributed by atoms with Gasteiger partial charge < -0.3 is 4.74 Å². The molecule has 0 N–H and O–H groups in total. The van der Waals surface area contributed by atoms with Gasteiger partial charge in [-0.15, -0.1) is 0 Å². The number of hydrogen-bond donors (Lipinski definition) is 0. The van der Waals surface area contributed by atoms with Gasteiger partial charge in [0, 0.05) is 5.92 Å². The van der Waals surface area contributed by atoms with Gasteiger partial charge in [0.05, 0.1) is 7.11 Å². The Bertz CT molecular complexity index is 392. The highest BCUT2D eigenvalue weighted by molar-refractivity contribution is 9.11. The lowest BCUT2D eigenvalue weighted by molar-refractivity contribution is 0.302. The third kappa shape index (κ3) is 2.51. The fourth-order valence-corrected chi connectivity index (χ4v) is 2.34. The van der Waals surface area contributed by atoms with Crippen LogP contribution >= 0.6 is 15.9 Å². The van der Waals surface area contributed by atoms with E-state index in [1.54, 1.807) is 7.11 Å². The van der Waals surface area contributed by atoms with Crippen molar-refractivity contribution in [3.63, 3.8) is 0 Å². The molecule has 0 aromatic heterocycles. The molecule has 0 bridgehead atoms. The molecule has 0 fully saturated rings. The van der Waals surface area contributed by atoms with Crippen LogP contribution in [0.15, 0.2) is 52.7 Å². The third-order valence-electron chi connectivity index (χ3n) is 2.54. The van der Waals surface area contributed by atoms with Gasteiger partial charge >= 0.3 is 0 Å². The molecule has 1 nitrogen and oxygen atoms in total. The standard InChI is InChI=1S/C13H13BrO/c1-15-13-8-11(7-12(14)9-13)10-5-3-2-4-6-10/h2-6,8-9,11H,7H2,1H3. The zero-order valence-corrected chi connectivity index (χ0v) is 10.2. The molecule has 0 saturated heterocycles. The van der Waals surface area contributed by atoms with Gasteiger partial charge in [-0.1, -0.05) is 46.3 Å². The molecule has 0 aliphatic heterocycles. The normalized spacial score (nSPS) is 20.5. The molecule has 0 amide bonds. The van der Waals surface area contributed by atoms with E-state index in [2.05, 4.69) is 46.3 Å². The summed E-state index contributed by atoms with van der Waals surface area (Å²) in [5, 5.41) is 0. The summed E-state index contributed by atoms with van der Waals surface area (Å²) < 4.78 is 6.46. The van der Waals surface area contributed by atoms with Crippen molar-refractivity contribution in [3.05, 3.63) is 58.3 Å². The molecule has 0 heterocycles. The summed E-state index contributed by atoms with van der Waals surface area (Å²) in [7, 11) is 1.70. The molecule has 1 aliphatic rings. The van der Waals surface area contributed by atoms with E-state index in [4.69, 9.17) is 4.74 Å². The van der Waals surface area contributed by atoms with E-state index in [1.807, 2.05) is 12.1 Å². The van der Waals surface area contributed by atoms with Crippen molar-refractivity contribution in [2.24, 2.45) is 0 Å². The van der Waals surface area contributed by atoms with Crippen molar-refractivity contribution in [1.82, 2.24) is 0 Å². The van der Waals surface area contributed by atoms with Crippen molar-refractivity contribution in [1.29, 1.82) is 0 Å². The average Bonchev–Trinajstić information content (AvgIpc) is 2.29. The zero-order chi connectivity index (χ0) is 10.7. The van der Waals surface area contributed by atoms with Gasteiger partial charge in [-0.2, -0.15) is 0 Å². The maximum absolute atomic E-state index is 5.27. The predicted molar refractivity (Wildman–Crippen MR) is 65.9 cm³/mol. The van der Waals surface area contributed by atoms with E-state index in [0.29, 0.717) is 5.92 Å². The van der Waals surface area contributed by atoms with Crippen LogP contribution in [-0.2, 0) is 4.74 Å². The highest BCUT2D eigenvalue weighted by Crippen LogP contribution is 2.33. The minimum Gasteiger partial charge on any atom is -0.497 e. The van der Waals surface area contributed by atoms with Gasteiger partial charge in [0.2, 0.25) is 0 Å². The van der Waals surface area contributed by atoms with Gasteiger partial charge in [-0.3, -0.25) is 0 Å². The van der Waals surface area contributed by atoms with E-state index in [0.717, 1.165) is 12.2 Å². The molecule has 1 unspecified atom stereocenters. The zero-order valence-electron chi connectivity index (χ0n) is 8.61. The molecular weight excluding hydrogens is 252 g/mol. The Morgan fingerprint density at radius 2 is 2.00 bits per heavy atom. The molecule has 78 valence electrons.